The summed E-state index contributed by atoms with van der Waals surface area (Å²) in [5.74, 6) is 0.429. The maximum Gasteiger partial charge on any atom is 0.235 e. The lowest BCUT2D eigenvalue weighted by atomic mass is 9.82. The number of nitrogens with one attached hydrogen (secondary N) is 1. The van der Waals surface area contributed by atoms with Crippen LogP contribution in [0.2, 0.25) is 0 Å². The summed E-state index contributed by atoms with van der Waals surface area (Å²) in [5.41, 5.74) is -0.171. The Morgan fingerprint density at radius 3 is 2.57 bits per heavy atom. The number of hydrogen-bond acceptors (Lipinski definition) is 2. The third-order valence-corrected chi connectivity index (χ3v) is 3.07. The molecule has 82 valence electrons. The summed E-state index contributed by atoms with van der Waals surface area (Å²) in [6.07, 6.45) is 2.02. The topological polar surface area (TPSA) is 38.3 Å². The largest absolute Gasteiger partial charge is 0.381 e. The van der Waals surface area contributed by atoms with Crippen molar-refractivity contribution < 1.29 is 9.53 Å². The van der Waals surface area contributed by atoms with E-state index in [9.17, 15) is 4.79 Å². The van der Waals surface area contributed by atoms with E-state index in [0.717, 1.165) is 26.1 Å². The molecule has 0 aromatic carbocycles. The molecular formula is C10H18ClNO2. The minimum Gasteiger partial charge on any atom is -0.381 e. The summed E-state index contributed by atoms with van der Waals surface area (Å²) in [6.45, 7) is 5.69. The molecule has 0 radical (unpaired) electrons. The Morgan fingerprint density at radius 1 is 1.50 bits per heavy atom. The van der Waals surface area contributed by atoms with Crippen LogP contribution >= 0.6 is 11.6 Å². The molecule has 1 saturated heterocycles. The molecule has 0 atom stereocenters. The van der Waals surface area contributed by atoms with Crippen molar-refractivity contribution in [3.8, 4) is 0 Å². The summed E-state index contributed by atoms with van der Waals surface area (Å²) in [6, 6.07) is 0. The SMILES string of the molecule is CC(C)(NC(=O)CCl)C1CCOCC1. The number of carbonyl (C=O) groups excluding carboxylic acids is 1. The van der Waals surface area contributed by atoms with Crippen LogP contribution in [0.25, 0.3) is 0 Å². The van der Waals surface area contributed by atoms with Crippen LogP contribution in [-0.4, -0.2) is 30.5 Å². The van der Waals surface area contributed by atoms with Crippen molar-refractivity contribution in [3.63, 3.8) is 0 Å². The maximum absolute atomic E-state index is 11.2. The number of carbonyl (C=O) groups is 1. The lowest BCUT2D eigenvalue weighted by molar-refractivity contribution is -0.121. The molecule has 1 amide bonds. The molecule has 1 rings (SSSR count). The number of amides is 1. The number of hydrogen-bond donors (Lipinski definition) is 1. The summed E-state index contributed by atoms with van der Waals surface area (Å²) >= 11 is 5.46. The average molecular weight is 220 g/mol. The molecule has 0 aromatic heterocycles. The summed E-state index contributed by atoms with van der Waals surface area (Å²) in [4.78, 5) is 11.2. The van der Waals surface area contributed by atoms with Crippen molar-refractivity contribution in [1.29, 1.82) is 0 Å². The van der Waals surface area contributed by atoms with Gasteiger partial charge in [0.05, 0.1) is 0 Å². The van der Waals surface area contributed by atoms with Gasteiger partial charge in [0.2, 0.25) is 5.91 Å². The van der Waals surface area contributed by atoms with Gasteiger partial charge >= 0.3 is 0 Å². The fourth-order valence-corrected chi connectivity index (χ4v) is 1.98. The lowest BCUT2D eigenvalue weighted by Gasteiger charge is -2.37. The highest BCUT2D eigenvalue weighted by molar-refractivity contribution is 6.27. The normalized spacial score (nSPS) is 19.4. The second kappa shape index (κ2) is 4.99. The van der Waals surface area contributed by atoms with Gasteiger partial charge in [-0.2, -0.15) is 0 Å². The number of alkyl halides is 1. The van der Waals surface area contributed by atoms with Crippen LogP contribution < -0.4 is 5.32 Å². The van der Waals surface area contributed by atoms with Gasteiger partial charge in [0.1, 0.15) is 5.88 Å². The second-order valence-corrected chi connectivity index (χ2v) is 4.56. The smallest absolute Gasteiger partial charge is 0.235 e. The molecule has 1 fully saturated rings. The van der Waals surface area contributed by atoms with Crippen LogP contribution in [-0.2, 0) is 9.53 Å². The quantitative estimate of drug-likeness (QED) is 0.732. The first-order chi connectivity index (χ1) is 6.56. The van der Waals surface area contributed by atoms with Gasteiger partial charge in [-0.05, 0) is 32.6 Å². The van der Waals surface area contributed by atoms with Crippen LogP contribution in [0.1, 0.15) is 26.7 Å². The molecule has 1 N–H and O–H groups in total. The van der Waals surface area contributed by atoms with Crippen molar-refractivity contribution in [2.75, 3.05) is 19.1 Å². The van der Waals surface area contributed by atoms with Gasteiger partial charge in [-0.25, -0.2) is 0 Å². The van der Waals surface area contributed by atoms with Gasteiger partial charge in [0.25, 0.3) is 0 Å². The molecule has 1 aliphatic rings. The Hall–Kier alpha value is -0.280. The van der Waals surface area contributed by atoms with Crippen LogP contribution in [0.4, 0.5) is 0 Å². The molecular weight excluding hydrogens is 202 g/mol. The zero-order chi connectivity index (χ0) is 10.6. The molecule has 0 aromatic rings. The first kappa shape index (κ1) is 11.8. The van der Waals surface area contributed by atoms with E-state index >= 15 is 0 Å². The number of ether oxygens (including phenoxy) is 1. The minimum atomic E-state index is -0.171. The summed E-state index contributed by atoms with van der Waals surface area (Å²) < 4.78 is 5.29. The second-order valence-electron chi connectivity index (χ2n) is 4.29. The van der Waals surface area contributed by atoms with E-state index in [1.165, 1.54) is 0 Å². The van der Waals surface area contributed by atoms with E-state index < -0.39 is 0 Å². The first-order valence-corrected chi connectivity index (χ1v) is 5.54. The van der Waals surface area contributed by atoms with Crippen LogP contribution in [0, 0.1) is 5.92 Å². The minimum absolute atomic E-state index is 0.0344. The van der Waals surface area contributed by atoms with E-state index in [1.807, 2.05) is 13.8 Å². The number of halogens is 1. The van der Waals surface area contributed by atoms with Crippen molar-refractivity contribution >= 4 is 17.5 Å². The Labute approximate surface area is 90.1 Å². The Morgan fingerprint density at radius 2 is 2.07 bits per heavy atom. The predicted octanol–water partition coefficient (Wildman–Crippen LogP) is 1.55. The molecule has 3 nitrogen and oxygen atoms in total. The van der Waals surface area contributed by atoms with Crippen molar-refractivity contribution in [2.24, 2.45) is 5.92 Å². The third-order valence-electron chi connectivity index (χ3n) is 2.82. The zero-order valence-corrected chi connectivity index (χ0v) is 9.56. The fourth-order valence-electron chi connectivity index (χ4n) is 1.91. The van der Waals surface area contributed by atoms with Crippen molar-refractivity contribution in [2.45, 2.75) is 32.2 Å². The fraction of sp³-hybridized carbons (Fsp3) is 0.900. The van der Waals surface area contributed by atoms with Gasteiger partial charge in [-0.1, -0.05) is 0 Å². The Bertz CT molecular complexity index is 200. The van der Waals surface area contributed by atoms with Crippen LogP contribution in [0.3, 0.4) is 0 Å². The van der Waals surface area contributed by atoms with Gasteiger partial charge in [-0.15, -0.1) is 11.6 Å². The Balaban J connectivity index is 2.49. The molecule has 1 aliphatic heterocycles. The molecule has 0 spiro atoms. The molecule has 0 saturated carbocycles. The molecule has 0 unspecified atom stereocenters. The molecule has 14 heavy (non-hydrogen) atoms. The van der Waals surface area contributed by atoms with E-state index in [0.29, 0.717) is 5.92 Å². The van der Waals surface area contributed by atoms with E-state index in [1.54, 1.807) is 0 Å². The highest BCUT2D eigenvalue weighted by Gasteiger charge is 2.31. The van der Waals surface area contributed by atoms with E-state index in [4.69, 9.17) is 16.3 Å². The van der Waals surface area contributed by atoms with Crippen LogP contribution in [0.5, 0.6) is 0 Å². The molecule has 0 aliphatic carbocycles. The summed E-state index contributed by atoms with van der Waals surface area (Å²) in [7, 11) is 0. The Kier molecular flexibility index (Phi) is 4.20. The average Bonchev–Trinajstić information content (AvgIpc) is 2.18. The highest BCUT2D eigenvalue weighted by Crippen LogP contribution is 2.26. The lowest BCUT2D eigenvalue weighted by Crippen LogP contribution is -2.51. The van der Waals surface area contributed by atoms with Crippen molar-refractivity contribution in [1.82, 2.24) is 5.32 Å². The van der Waals surface area contributed by atoms with Gasteiger partial charge in [-0.3, -0.25) is 4.79 Å². The standard InChI is InChI=1S/C10H18ClNO2/c1-10(2,12-9(13)7-11)8-3-5-14-6-4-8/h8H,3-7H2,1-2H3,(H,12,13). The molecule has 4 heteroatoms. The first-order valence-electron chi connectivity index (χ1n) is 5.01. The number of rotatable bonds is 3. The van der Waals surface area contributed by atoms with Crippen LogP contribution in [0.15, 0.2) is 0 Å². The summed E-state index contributed by atoms with van der Waals surface area (Å²) in [5, 5.41) is 2.95. The maximum atomic E-state index is 11.2. The van der Waals surface area contributed by atoms with Gasteiger partial charge in [0.15, 0.2) is 0 Å². The molecule has 0 bridgehead atoms. The zero-order valence-electron chi connectivity index (χ0n) is 8.81. The predicted molar refractivity (Wildman–Crippen MR) is 56.5 cm³/mol. The third kappa shape index (κ3) is 3.14. The van der Waals surface area contributed by atoms with E-state index in [2.05, 4.69) is 5.32 Å². The molecule has 1 heterocycles. The van der Waals surface area contributed by atoms with Gasteiger partial charge in [0, 0.05) is 18.8 Å². The van der Waals surface area contributed by atoms with Crippen molar-refractivity contribution in [3.05, 3.63) is 0 Å². The van der Waals surface area contributed by atoms with Gasteiger partial charge < -0.3 is 10.1 Å². The van der Waals surface area contributed by atoms with E-state index in [-0.39, 0.29) is 17.3 Å². The highest BCUT2D eigenvalue weighted by atomic mass is 35.5. The monoisotopic (exact) mass is 219 g/mol.